The molecular formula is C29H32BrN3O5. The molecule has 2 N–H and O–H groups in total. The van der Waals surface area contributed by atoms with Gasteiger partial charge in [0.15, 0.2) is 11.6 Å². The number of benzene rings is 3. The van der Waals surface area contributed by atoms with Gasteiger partial charge < -0.3 is 19.3 Å². The van der Waals surface area contributed by atoms with Crippen LogP contribution in [0.25, 0.3) is 0 Å². The highest BCUT2D eigenvalue weighted by Gasteiger charge is 2.53. The van der Waals surface area contributed by atoms with Crippen molar-refractivity contribution in [1.82, 2.24) is 10.4 Å². The van der Waals surface area contributed by atoms with Gasteiger partial charge in [-0.3, -0.25) is 10.2 Å². The number of hydrazine groups is 1. The number of methoxy groups -OCH3 is 1. The summed E-state index contributed by atoms with van der Waals surface area (Å²) in [5.41, 5.74) is 4.03. The molecule has 1 amide bonds. The van der Waals surface area contributed by atoms with Crippen molar-refractivity contribution in [2.24, 2.45) is 4.99 Å². The van der Waals surface area contributed by atoms with E-state index in [0.29, 0.717) is 36.8 Å². The maximum absolute atomic E-state index is 14.0. The van der Waals surface area contributed by atoms with Crippen molar-refractivity contribution in [3.05, 3.63) is 94.0 Å². The van der Waals surface area contributed by atoms with Gasteiger partial charge in [0, 0.05) is 43.6 Å². The summed E-state index contributed by atoms with van der Waals surface area (Å²) in [6.07, 6.45) is 0.125. The number of carbonyl (C=O) groups excluding carboxylic acids is 1. The Hall–Kier alpha value is -3.40. The fraction of sp³-hybridized carbons (Fsp3) is 0.310. The van der Waals surface area contributed by atoms with E-state index in [0.717, 1.165) is 21.2 Å². The van der Waals surface area contributed by atoms with Crippen LogP contribution in [0.4, 0.5) is 0 Å². The van der Waals surface area contributed by atoms with Gasteiger partial charge in [-0.15, -0.1) is 0 Å². The molecule has 0 aliphatic carbocycles. The molecule has 0 bridgehead atoms. The monoisotopic (exact) mass is 581 g/mol. The number of aliphatic hydroxyl groups excluding tert-OH is 1. The van der Waals surface area contributed by atoms with Crippen molar-refractivity contribution < 1.29 is 24.1 Å². The van der Waals surface area contributed by atoms with Gasteiger partial charge in [-0.2, -0.15) is 0 Å². The number of halogens is 1. The van der Waals surface area contributed by atoms with Crippen LogP contribution < -0.4 is 14.9 Å². The van der Waals surface area contributed by atoms with Gasteiger partial charge in [-0.25, -0.2) is 10.0 Å². The molecule has 1 aliphatic heterocycles. The number of hydrogen-bond acceptors (Lipinski definition) is 7. The zero-order valence-electron chi connectivity index (χ0n) is 21.7. The van der Waals surface area contributed by atoms with Crippen molar-refractivity contribution in [3.8, 4) is 11.5 Å². The minimum atomic E-state index is -1.31. The second kappa shape index (κ2) is 12.4. The van der Waals surface area contributed by atoms with E-state index in [4.69, 9.17) is 24.3 Å². The van der Waals surface area contributed by atoms with Gasteiger partial charge in [0.2, 0.25) is 5.90 Å². The van der Waals surface area contributed by atoms with Crippen molar-refractivity contribution in [2.75, 3.05) is 34.4 Å². The number of aliphatic hydroxyl groups is 1. The summed E-state index contributed by atoms with van der Waals surface area (Å²) in [5, 5.41) is 10.6. The average molecular weight is 582 g/mol. The number of amides is 1. The molecule has 38 heavy (non-hydrogen) atoms. The van der Waals surface area contributed by atoms with E-state index in [-0.39, 0.29) is 12.5 Å². The van der Waals surface area contributed by atoms with Crippen molar-refractivity contribution in [3.63, 3.8) is 0 Å². The lowest BCUT2D eigenvalue weighted by atomic mass is 9.82. The molecule has 4 rings (SSSR count). The van der Waals surface area contributed by atoms with Gasteiger partial charge in [0.25, 0.3) is 5.91 Å². The first-order valence-electron chi connectivity index (χ1n) is 12.3. The summed E-state index contributed by atoms with van der Waals surface area (Å²) in [5.74, 6) is 1.41. The van der Waals surface area contributed by atoms with Crippen LogP contribution in [-0.4, -0.2) is 61.9 Å². The number of nitrogens with zero attached hydrogens (tertiary/aromatic N) is 2. The van der Waals surface area contributed by atoms with Crippen molar-refractivity contribution >= 4 is 27.7 Å². The predicted molar refractivity (Wildman–Crippen MR) is 149 cm³/mol. The maximum Gasteiger partial charge on any atom is 0.266 e. The first-order valence-corrected chi connectivity index (χ1v) is 13.1. The Bertz CT molecular complexity index is 1280. The summed E-state index contributed by atoms with van der Waals surface area (Å²) in [6.45, 7) is 0.494. The number of carbonyl (C=O) groups is 1. The van der Waals surface area contributed by atoms with Gasteiger partial charge >= 0.3 is 0 Å². The third-order valence-corrected chi connectivity index (χ3v) is 6.94. The SMILES string of the molecule is COc1cccc([C@@H]2OC(c3ccc(OCCCO)cc3)=N[C@]2(Cc2ccccc2Br)C(=O)NN(C)C)c1. The van der Waals surface area contributed by atoms with Crippen LogP contribution in [0.5, 0.6) is 11.5 Å². The number of hydrogen-bond donors (Lipinski definition) is 2. The molecule has 2 atom stereocenters. The molecular weight excluding hydrogens is 550 g/mol. The zero-order valence-corrected chi connectivity index (χ0v) is 23.3. The molecule has 200 valence electrons. The molecule has 0 unspecified atom stereocenters. The smallest absolute Gasteiger partial charge is 0.266 e. The molecule has 9 heteroatoms. The molecule has 3 aromatic carbocycles. The standard InChI is InChI=1S/C29H32BrN3O5/c1-33(2)32-28(35)29(19-22-8-4-5-11-25(22)30)26(21-9-6-10-24(18-21)36-3)38-27(31-29)20-12-14-23(15-13-20)37-17-7-16-34/h4-6,8-15,18,26,34H,7,16-17,19H2,1-3H3,(H,32,35)/t26-,29-/m0/s1. The first-order chi connectivity index (χ1) is 18.4. The van der Waals surface area contributed by atoms with Crippen LogP contribution in [-0.2, 0) is 16.0 Å². The Morgan fingerprint density at radius 3 is 2.55 bits per heavy atom. The number of rotatable bonds is 11. The lowest BCUT2D eigenvalue weighted by Crippen LogP contribution is -2.53. The molecule has 0 fully saturated rings. The number of nitrogens with one attached hydrogen (secondary N) is 1. The fourth-order valence-corrected chi connectivity index (χ4v) is 4.74. The molecule has 1 aliphatic rings. The quantitative estimate of drug-likeness (QED) is 0.259. The highest BCUT2D eigenvalue weighted by Crippen LogP contribution is 2.44. The average Bonchev–Trinajstić information content (AvgIpc) is 3.31. The third-order valence-electron chi connectivity index (χ3n) is 6.17. The summed E-state index contributed by atoms with van der Waals surface area (Å²) >= 11 is 3.64. The lowest BCUT2D eigenvalue weighted by molar-refractivity contribution is -0.132. The summed E-state index contributed by atoms with van der Waals surface area (Å²) in [4.78, 5) is 19.0. The van der Waals surface area contributed by atoms with Crippen LogP contribution in [0.3, 0.4) is 0 Å². The Morgan fingerprint density at radius 1 is 1.11 bits per heavy atom. The van der Waals surface area contributed by atoms with Gasteiger partial charge in [-0.05, 0) is 53.6 Å². The van der Waals surface area contributed by atoms with Gasteiger partial charge in [-0.1, -0.05) is 46.3 Å². The van der Waals surface area contributed by atoms with Gasteiger partial charge in [0.1, 0.15) is 11.5 Å². The fourth-order valence-electron chi connectivity index (χ4n) is 4.32. The molecule has 0 radical (unpaired) electrons. The Balaban J connectivity index is 1.81. The lowest BCUT2D eigenvalue weighted by Gasteiger charge is -2.32. The number of ether oxygens (including phenoxy) is 3. The third kappa shape index (κ3) is 6.18. The second-order valence-corrected chi connectivity index (χ2v) is 10.0. The van der Waals surface area contributed by atoms with Crippen LogP contribution in [0.15, 0.2) is 82.3 Å². The molecule has 1 heterocycles. The Morgan fingerprint density at radius 2 is 1.87 bits per heavy atom. The van der Waals surface area contributed by atoms with E-state index in [1.165, 1.54) is 0 Å². The van der Waals surface area contributed by atoms with Gasteiger partial charge in [0.05, 0.1) is 13.7 Å². The molecule has 0 saturated carbocycles. The molecule has 0 aromatic heterocycles. The van der Waals surface area contributed by atoms with E-state index >= 15 is 0 Å². The van der Waals surface area contributed by atoms with E-state index in [2.05, 4.69) is 21.4 Å². The summed E-state index contributed by atoms with van der Waals surface area (Å²) in [6, 6.07) is 22.7. The topological polar surface area (TPSA) is 92.6 Å². The van der Waals surface area contributed by atoms with Crippen LogP contribution in [0.1, 0.15) is 29.2 Å². The highest BCUT2D eigenvalue weighted by atomic mass is 79.9. The molecule has 3 aromatic rings. The molecule has 8 nitrogen and oxygen atoms in total. The van der Waals surface area contributed by atoms with Crippen molar-refractivity contribution in [1.29, 1.82) is 0 Å². The van der Waals surface area contributed by atoms with E-state index in [1.807, 2.05) is 72.8 Å². The normalized spacial score (nSPS) is 18.6. The van der Waals surface area contributed by atoms with E-state index in [1.54, 1.807) is 26.2 Å². The maximum atomic E-state index is 14.0. The highest BCUT2D eigenvalue weighted by molar-refractivity contribution is 9.10. The largest absolute Gasteiger partial charge is 0.497 e. The number of aliphatic imine (C=N–C) groups is 1. The minimum absolute atomic E-state index is 0.0724. The summed E-state index contributed by atoms with van der Waals surface area (Å²) in [7, 11) is 5.13. The van der Waals surface area contributed by atoms with Crippen molar-refractivity contribution in [2.45, 2.75) is 24.5 Å². The first kappa shape index (κ1) is 27.6. The summed E-state index contributed by atoms with van der Waals surface area (Å²) < 4.78 is 18.5. The predicted octanol–water partition coefficient (Wildman–Crippen LogP) is 4.31. The van der Waals surface area contributed by atoms with Crippen LogP contribution in [0.2, 0.25) is 0 Å². The Labute approximate surface area is 231 Å². The molecule has 0 saturated heterocycles. The van der Waals surface area contributed by atoms with Crippen LogP contribution >= 0.6 is 15.9 Å². The van der Waals surface area contributed by atoms with E-state index in [9.17, 15) is 4.79 Å². The van der Waals surface area contributed by atoms with E-state index < -0.39 is 11.6 Å². The minimum Gasteiger partial charge on any atom is -0.497 e. The zero-order chi connectivity index (χ0) is 27.1. The van der Waals surface area contributed by atoms with Crippen LogP contribution in [0, 0.1) is 0 Å². The second-order valence-electron chi connectivity index (χ2n) is 9.17. The Kier molecular flexibility index (Phi) is 9.04. The molecule has 0 spiro atoms.